The smallest absolute Gasteiger partial charge is 0.435 e. The molecule has 9 nitrogen and oxygen atoms in total. The van der Waals surface area contributed by atoms with Crippen molar-refractivity contribution < 1.29 is 41.4 Å². The number of esters is 2. The maximum atomic E-state index is 13.8. The largest absolute Gasteiger partial charge is 0.469 e. The number of alkyl halides is 3. The Morgan fingerprint density at radius 2 is 1.64 bits per heavy atom. The molecular weight excluding hydrogens is 519 g/mol. The van der Waals surface area contributed by atoms with Crippen molar-refractivity contribution >= 4 is 23.5 Å². The Kier molecular flexibility index (Phi) is 6.46. The van der Waals surface area contributed by atoms with Crippen molar-refractivity contribution in [3.63, 3.8) is 0 Å². The second kappa shape index (κ2) is 9.78. The molecule has 5 rings (SSSR count). The molecule has 4 aromatic rings. The highest BCUT2D eigenvalue weighted by molar-refractivity contribution is 6.09. The molecule has 0 saturated carbocycles. The summed E-state index contributed by atoms with van der Waals surface area (Å²) in [5, 5.41) is 6.46. The van der Waals surface area contributed by atoms with E-state index in [1.807, 2.05) is 0 Å². The summed E-state index contributed by atoms with van der Waals surface area (Å²) in [6, 6.07) is 11.3. The number of amides is 1. The third-order valence-electron chi connectivity index (χ3n) is 6.32. The van der Waals surface area contributed by atoms with Crippen molar-refractivity contribution in [3.8, 4) is 16.9 Å². The van der Waals surface area contributed by atoms with E-state index in [0.717, 1.165) is 0 Å². The van der Waals surface area contributed by atoms with Gasteiger partial charge in [0.1, 0.15) is 5.76 Å². The molecule has 0 saturated heterocycles. The van der Waals surface area contributed by atoms with Gasteiger partial charge in [0.15, 0.2) is 5.69 Å². The number of nitrogens with zero attached hydrogens (tertiary/aromatic N) is 2. The summed E-state index contributed by atoms with van der Waals surface area (Å²) in [7, 11) is 2.36. The van der Waals surface area contributed by atoms with Crippen molar-refractivity contribution in [2.45, 2.75) is 19.0 Å². The van der Waals surface area contributed by atoms with Crippen molar-refractivity contribution in [3.05, 3.63) is 88.5 Å². The lowest BCUT2D eigenvalue weighted by Crippen LogP contribution is -2.16. The molecule has 1 amide bonds. The topological polar surface area (TPSA) is 113 Å². The summed E-state index contributed by atoms with van der Waals surface area (Å²) in [6.07, 6.45) is -2.77. The summed E-state index contributed by atoms with van der Waals surface area (Å²) in [5.74, 6) is -1.47. The van der Waals surface area contributed by atoms with Gasteiger partial charge >= 0.3 is 18.1 Å². The lowest BCUT2D eigenvalue weighted by atomic mass is 9.94. The number of anilines is 1. The first-order valence-electron chi connectivity index (χ1n) is 11.6. The number of ether oxygens (including phenoxy) is 2. The number of carbonyl (C=O) groups is 3. The van der Waals surface area contributed by atoms with Gasteiger partial charge in [-0.05, 0) is 55.0 Å². The van der Waals surface area contributed by atoms with Gasteiger partial charge in [-0.15, -0.1) is 0 Å². The van der Waals surface area contributed by atoms with Crippen LogP contribution < -0.4 is 5.32 Å². The number of aromatic nitrogens is 2. The fourth-order valence-electron chi connectivity index (χ4n) is 4.49. The van der Waals surface area contributed by atoms with E-state index >= 15 is 0 Å². The zero-order valence-corrected chi connectivity index (χ0v) is 20.6. The molecule has 39 heavy (non-hydrogen) atoms. The van der Waals surface area contributed by atoms with Gasteiger partial charge in [-0.2, -0.15) is 18.3 Å². The first-order chi connectivity index (χ1) is 18.6. The van der Waals surface area contributed by atoms with Crippen molar-refractivity contribution in [2.75, 3.05) is 19.5 Å². The van der Waals surface area contributed by atoms with Gasteiger partial charge in [0, 0.05) is 23.1 Å². The second-order valence-corrected chi connectivity index (χ2v) is 8.59. The SMILES string of the molecule is COC(=O)c1ccc(C(=O)OC)c(NC(=O)c2ccc(-n3nc(C(F)(F)F)c4c3-c3ccoc3CC4)cc2)c1. The number of hydrogen-bond acceptors (Lipinski definition) is 7. The van der Waals surface area contributed by atoms with Crippen LogP contribution in [0.4, 0.5) is 18.9 Å². The molecule has 2 heterocycles. The van der Waals surface area contributed by atoms with E-state index in [1.165, 1.54) is 67.6 Å². The van der Waals surface area contributed by atoms with E-state index in [9.17, 15) is 27.6 Å². The minimum absolute atomic E-state index is 0.00823. The number of methoxy groups -OCH3 is 2. The fraction of sp³-hybridized carbons (Fsp3) is 0.185. The van der Waals surface area contributed by atoms with Crippen molar-refractivity contribution in [1.82, 2.24) is 9.78 Å². The number of fused-ring (bicyclic) bond motifs is 3. The molecule has 200 valence electrons. The van der Waals surface area contributed by atoms with Crippen LogP contribution in [0.3, 0.4) is 0 Å². The predicted molar refractivity (Wildman–Crippen MR) is 131 cm³/mol. The van der Waals surface area contributed by atoms with Gasteiger partial charge in [-0.25, -0.2) is 14.3 Å². The molecule has 1 aliphatic rings. The first kappa shape index (κ1) is 25.8. The van der Waals surface area contributed by atoms with Gasteiger partial charge in [0.05, 0.1) is 48.7 Å². The van der Waals surface area contributed by atoms with Gasteiger partial charge < -0.3 is 19.2 Å². The molecule has 12 heteroatoms. The zero-order chi connectivity index (χ0) is 27.9. The van der Waals surface area contributed by atoms with E-state index in [2.05, 4.69) is 15.2 Å². The van der Waals surface area contributed by atoms with Crippen molar-refractivity contribution in [2.24, 2.45) is 0 Å². The quantitative estimate of drug-likeness (QED) is 0.352. The number of aryl methyl sites for hydroxylation is 1. The molecule has 0 bridgehead atoms. The number of furan rings is 1. The van der Waals surface area contributed by atoms with E-state index in [0.29, 0.717) is 23.4 Å². The molecule has 2 aromatic heterocycles. The van der Waals surface area contributed by atoms with Crippen LogP contribution in [0, 0.1) is 0 Å². The minimum Gasteiger partial charge on any atom is -0.469 e. The monoisotopic (exact) mass is 539 g/mol. The number of nitrogens with one attached hydrogen (secondary N) is 1. The zero-order valence-electron chi connectivity index (χ0n) is 20.6. The second-order valence-electron chi connectivity index (χ2n) is 8.59. The summed E-state index contributed by atoms with van der Waals surface area (Å²) in [4.78, 5) is 37.1. The molecule has 0 unspecified atom stereocenters. The van der Waals surface area contributed by atoms with Crippen LogP contribution in [0.5, 0.6) is 0 Å². The Hall–Kier alpha value is -4.87. The maximum Gasteiger partial charge on any atom is 0.435 e. The van der Waals surface area contributed by atoms with E-state index in [4.69, 9.17) is 9.15 Å². The number of rotatable bonds is 5. The van der Waals surface area contributed by atoms with Crippen LogP contribution in [0.2, 0.25) is 0 Å². The van der Waals surface area contributed by atoms with Gasteiger partial charge in [-0.1, -0.05) is 0 Å². The molecule has 1 aliphatic carbocycles. The molecule has 1 N–H and O–H groups in total. The standard InChI is InChI=1S/C27H20F3N3O6/c1-37-25(35)15-5-8-17(26(36)38-2)20(13-15)31-24(34)14-3-6-16(7-4-14)33-22-18-11-12-39-21(18)10-9-19(22)23(32-33)27(28,29)30/h3-8,11-13H,9-10H2,1-2H3,(H,31,34). The van der Waals surface area contributed by atoms with Crippen LogP contribution in [0.25, 0.3) is 16.9 Å². The van der Waals surface area contributed by atoms with Crippen LogP contribution >= 0.6 is 0 Å². The third kappa shape index (κ3) is 4.65. The maximum absolute atomic E-state index is 13.8. The Labute approximate surface area is 219 Å². The Bertz CT molecular complexity index is 1600. The van der Waals surface area contributed by atoms with Crippen LogP contribution in [0.15, 0.2) is 59.2 Å². The molecule has 0 atom stereocenters. The van der Waals surface area contributed by atoms with Gasteiger partial charge in [-0.3, -0.25) is 4.79 Å². The summed E-state index contributed by atoms with van der Waals surface area (Å²) in [5.41, 5.74) is 0.494. The Morgan fingerprint density at radius 1 is 0.949 bits per heavy atom. The highest BCUT2D eigenvalue weighted by atomic mass is 19.4. The van der Waals surface area contributed by atoms with E-state index in [-0.39, 0.29) is 40.1 Å². The third-order valence-corrected chi connectivity index (χ3v) is 6.32. The molecule has 0 radical (unpaired) electrons. The van der Waals surface area contributed by atoms with Crippen molar-refractivity contribution in [1.29, 1.82) is 0 Å². The molecule has 2 aromatic carbocycles. The summed E-state index contributed by atoms with van der Waals surface area (Å²) < 4.78 is 57.4. The number of hydrogen-bond donors (Lipinski definition) is 1. The summed E-state index contributed by atoms with van der Waals surface area (Å²) >= 11 is 0. The lowest BCUT2D eigenvalue weighted by Gasteiger charge is -2.15. The number of halogens is 3. The highest BCUT2D eigenvalue weighted by Crippen LogP contribution is 2.42. The molecule has 0 aliphatic heterocycles. The lowest BCUT2D eigenvalue weighted by molar-refractivity contribution is -0.142. The Morgan fingerprint density at radius 3 is 2.31 bits per heavy atom. The predicted octanol–water partition coefficient (Wildman–Crippen LogP) is 5.08. The molecular formula is C27H20F3N3O6. The summed E-state index contributed by atoms with van der Waals surface area (Å²) in [6.45, 7) is 0. The number of benzene rings is 2. The van der Waals surface area contributed by atoms with Crippen LogP contribution in [0.1, 0.15) is 48.1 Å². The normalized spacial score (nSPS) is 12.3. The fourth-order valence-corrected chi connectivity index (χ4v) is 4.49. The first-order valence-corrected chi connectivity index (χ1v) is 11.6. The van der Waals surface area contributed by atoms with E-state index < -0.39 is 29.7 Å². The van der Waals surface area contributed by atoms with E-state index in [1.54, 1.807) is 6.07 Å². The van der Waals surface area contributed by atoms with Crippen LogP contribution in [-0.4, -0.2) is 41.8 Å². The average Bonchev–Trinajstić information content (AvgIpc) is 3.57. The molecule has 0 fully saturated rings. The van der Waals surface area contributed by atoms with Gasteiger partial charge in [0.25, 0.3) is 5.91 Å². The highest BCUT2D eigenvalue weighted by Gasteiger charge is 2.41. The minimum atomic E-state index is -4.65. The average molecular weight is 539 g/mol. The van der Waals surface area contributed by atoms with Gasteiger partial charge in [0.2, 0.25) is 0 Å². The number of carbonyl (C=O) groups excluding carboxylic acids is 3. The molecule has 0 spiro atoms. The Balaban J connectivity index is 1.48. The van der Waals surface area contributed by atoms with Crippen LogP contribution in [-0.2, 0) is 28.5 Å².